The quantitative estimate of drug-likeness (QED) is 0.700. The molecule has 1 unspecified atom stereocenters. The van der Waals surface area contributed by atoms with E-state index in [1.807, 2.05) is 31.3 Å². The van der Waals surface area contributed by atoms with Crippen molar-refractivity contribution in [3.63, 3.8) is 0 Å². The fraction of sp³-hybridized carbons (Fsp3) is 0.391. The first-order valence-corrected chi connectivity index (χ1v) is 10.4. The number of nitrogens with zero attached hydrogens (tertiary/aromatic N) is 4. The normalized spacial score (nSPS) is 20.7. The molecule has 5 rings (SSSR count). The largest absolute Gasteiger partial charge is 0.355 e. The maximum atomic E-state index is 13.2. The molecule has 0 bridgehead atoms. The second-order valence-corrected chi connectivity index (χ2v) is 8.53. The van der Waals surface area contributed by atoms with Crippen molar-refractivity contribution >= 4 is 22.8 Å². The third-order valence-electron chi connectivity index (χ3n) is 6.67. The van der Waals surface area contributed by atoms with E-state index in [1.54, 1.807) is 18.5 Å². The Morgan fingerprint density at radius 1 is 1.30 bits per heavy atom. The molecule has 2 N–H and O–H groups in total. The number of carbonyl (C=O) groups excluding carboxylic acids is 1. The van der Waals surface area contributed by atoms with Gasteiger partial charge in [0.05, 0.1) is 23.1 Å². The fourth-order valence-corrected chi connectivity index (χ4v) is 4.77. The highest BCUT2D eigenvalue weighted by molar-refractivity contribution is 5.88. The summed E-state index contributed by atoms with van der Waals surface area (Å²) in [6.45, 7) is 3.66. The van der Waals surface area contributed by atoms with Crippen LogP contribution in [-0.4, -0.2) is 33.9 Å². The Kier molecular flexibility index (Phi) is 4.43. The van der Waals surface area contributed by atoms with Crippen LogP contribution >= 0.6 is 0 Å². The first-order valence-electron chi connectivity index (χ1n) is 10.4. The van der Waals surface area contributed by atoms with Gasteiger partial charge >= 0.3 is 0 Å². The van der Waals surface area contributed by atoms with E-state index >= 15 is 0 Å². The average molecular weight is 400 g/mol. The lowest BCUT2D eigenvalue weighted by Crippen LogP contribution is -2.48. The van der Waals surface area contributed by atoms with E-state index in [1.165, 1.54) is 0 Å². The van der Waals surface area contributed by atoms with Gasteiger partial charge in [-0.1, -0.05) is 12.1 Å². The number of nitriles is 1. The highest BCUT2D eigenvalue weighted by Crippen LogP contribution is 2.56. The third kappa shape index (κ3) is 3.18. The first kappa shape index (κ1) is 18.6. The summed E-state index contributed by atoms with van der Waals surface area (Å²) in [7, 11) is 0. The molecule has 1 aliphatic carbocycles. The molecule has 1 aliphatic heterocycles. The smallest absolute Gasteiger partial charge is 0.224 e. The molecule has 1 saturated heterocycles. The van der Waals surface area contributed by atoms with Crippen molar-refractivity contribution in [2.24, 2.45) is 11.3 Å². The van der Waals surface area contributed by atoms with E-state index in [0.717, 1.165) is 54.8 Å². The van der Waals surface area contributed by atoms with Gasteiger partial charge in [0.1, 0.15) is 17.8 Å². The highest BCUT2D eigenvalue weighted by Gasteiger charge is 2.55. The zero-order valence-electron chi connectivity index (χ0n) is 16.9. The predicted molar refractivity (Wildman–Crippen MR) is 114 cm³/mol. The van der Waals surface area contributed by atoms with Crippen LogP contribution in [0.1, 0.15) is 43.4 Å². The van der Waals surface area contributed by atoms with Gasteiger partial charge in [0.2, 0.25) is 5.91 Å². The molecule has 1 spiro atoms. The van der Waals surface area contributed by atoms with Crippen LogP contribution in [0.15, 0.2) is 42.9 Å². The second kappa shape index (κ2) is 7.13. The van der Waals surface area contributed by atoms with E-state index in [9.17, 15) is 4.79 Å². The SMILES string of the molecule is C[C@H](NC(=O)C1CCN(c2ncnc3[nH]ccc23)CC12CC2)c1ccc(C#N)cc1. The molecule has 152 valence electrons. The maximum absolute atomic E-state index is 13.2. The monoisotopic (exact) mass is 400 g/mol. The summed E-state index contributed by atoms with van der Waals surface area (Å²) < 4.78 is 0. The topological polar surface area (TPSA) is 97.7 Å². The van der Waals surface area contributed by atoms with Crippen LogP contribution in [0.2, 0.25) is 0 Å². The molecule has 1 aromatic carbocycles. The van der Waals surface area contributed by atoms with Crippen LogP contribution in [0.4, 0.5) is 5.82 Å². The minimum atomic E-state index is -0.0829. The molecule has 2 aliphatic rings. The molecule has 3 heterocycles. The number of carbonyl (C=O) groups is 1. The molecule has 0 radical (unpaired) electrons. The molecule has 30 heavy (non-hydrogen) atoms. The van der Waals surface area contributed by atoms with Gasteiger partial charge in [0, 0.05) is 25.2 Å². The van der Waals surface area contributed by atoms with Crippen molar-refractivity contribution in [1.29, 1.82) is 5.26 Å². The summed E-state index contributed by atoms with van der Waals surface area (Å²) in [6, 6.07) is 11.5. The van der Waals surface area contributed by atoms with Gasteiger partial charge in [-0.3, -0.25) is 4.79 Å². The van der Waals surface area contributed by atoms with Crippen molar-refractivity contribution in [2.75, 3.05) is 18.0 Å². The van der Waals surface area contributed by atoms with E-state index in [4.69, 9.17) is 5.26 Å². The van der Waals surface area contributed by atoms with Crippen LogP contribution in [0.25, 0.3) is 11.0 Å². The molecule has 3 aromatic rings. The lowest BCUT2D eigenvalue weighted by Gasteiger charge is -2.39. The summed E-state index contributed by atoms with van der Waals surface area (Å²) in [5, 5.41) is 13.2. The zero-order chi connectivity index (χ0) is 20.7. The van der Waals surface area contributed by atoms with E-state index in [-0.39, 0.29) is 23.3 Å². The molecule has 2 aromatic heterocycles. The van der Waals surface area contributed by atoms with Gasteiger partial charge in [-0.2, -0.15) is 5.26 Å². The Bertz CT molecular complexity index is 1120. The summed E-state index contributed by atoms with van der Waals surface area (Å²) in [5.74, 6) is 1.12. The molecule has 7 heteroatoms. The summed E-state index contributed by atoms with van der Waals surface area (Å²) >= 11 is 0. The summed E-state index contributed by atoms with van der Waals surface area (Å²) in [5.41, 5.74) is 2.53. The lowest BCUT2D eigenvalue weighted by molar-refractivity contribution is -0.128. The van der Waals surface area contributed by atoms with Gasteiger partial charge in [-0.05, 0) is 55.4 Å². The van der Waals surface area contributed by atoms with Crippen LogP contribution in [0.5, 0.6) is 0 Å². The molecular weight excluding hydrogens is 376 g/mol. The molecule has 2 atom stereocenters. The number of H-pyrrole nitrogens is 1. The number of fused-ring (bicyclic) bond motifs is 1. The van der Waals surface area contributed by atoms with Crippen molar-refractivity contribution < 1.29 is 4.79 Å². The molecule has 2 fully saturated rings. The van der Waals surface area contributed by atoms with Crippen molar-refractivity contribution in [3.8, 4) is 6.07 Å². The Labute approximate surface area is 175 Å². The number of aromatic nitrogens is 3. The minimum absolute atomic E-state index is 0.0261. The number of piperidine rings is 1. The van der Waals surface area contributed by atoms with Crippen LogP contribution in [0.3, 0.4) is 0 Å². The van der Waals surface area contributed by atoms with Crippen LogP contribution in [-0.2, 0) is 4.79 Å². The predicted octanol–water partition coefficient (Wildman–Crippen LogP) is 3.31. The van der Waals surface area contributed by atoms with Gasteiger partial charge in [0.25, 0.3) is 0 Å². The number of hydrogen-bond acceptors (Lipinski definition) is 5. The number of nitrogens with one attached hydrogen (secondary N) is 2. The number of rotatable bonds is 4. The first-order chi connectivity index (χ1) is 14.6. The molecule has 7 nitrogen and oxygen atoms in total. The second-order valence-electron chi connectivity index (χ2n) is 8.53. The van der Waals surface area contributed by atoms with Crippen molar-refractivity contribution in [1.82, 2.24) is 20.3 Å². The third-order valence-corrected chi connectivity index (χ3v) is 6.67. The lowest BCUT2D eigenvalue weighted by atomic mass is 9.81. The number of benzene rings is 1. The van der Waals surface area contributed by atoms with E-state index < -0.39 is 0 Å². The average Bonchev–Trinajstić information content (AvgIpc) is 3.34. The molecular formula is C23H24N6O. The highest BCUT2D eigenvalue weighted by atomic mass is 16.2. The summed E-state index contributed by atoms with van der Waals surface area (Å²) in [4.78, 5) is 27.5. The van der Waals surface area contributed by atoms with Gasteiger partial charge in [0.15, 0.2) is 0 Å². The Hall–Kier alpha value is -3.40. The number of aromatic amines is 1. The van der Waals surface area contributed by atoms with Crippen molar-refractivity contribution in [3.05, 3.63) is 54.0 Å². The van der Waals surface area contributed by atoms with Gasteiger partial charge in [-0.25, -0.2) is 9.97 Å². The number of amides is 1. The number of hydrogen-bond donors (Lipinski definition) is 2. The zero-order valence-corrected chi connectivity index (χ0v) is 16.9. The summed E-state index contributed by atoms with van der Waals surface area (Å²) in [6.07, 6.45) is 6.47. The van der Waals surface area contributed by atoms with Gasteiger partial charge < -0.3 is 15.2 Å². The van der Waals surface area contributed by atoms with E-state index in [2.05, 4.69) is 31.2 Å². The van der Waals surface area contributed by atoms with E-state index in [0.29, 0.717) is 5.56 Å². The van der Waals surface area contributed by atoms with Crippen molar-refractivity contribution in [2.45, 2.75) is 32.2 Å². The molecule has 1 amide bonds. The number of anilines is 1. The molecule has 1 saturated carbocycles. The minimum Gasteiger partial charge on any atom is -0.355 e. The fourth-order valence-electron chi connectivity index (χ4n) is 4.77. The van der Waals surface area contributed by atoms with Crippen LogP contribution < -0.4 is 10.2 Å². The standard InChI is InChI=1S/C23H24N6O/c1-15(17-4-2-16(12-24)3-5-17)28-22(30)19-7-11-29(13-23(19)8-9-23)21-18-6-10-25-20(18)26-14-27-21/h2-6,10,14-15,19H,7-9,11,13H2,1H3,(H,28,30)(H,25,26,27)/t15-,19?/m0/s1. The van der Waals surface area contributed by atoms with Crippen LogP contribution in [0, 0.1) is 22.7 Å². The Morgan fingerprint density at radius 3 is 2.83 bits per heavy atom. The van der Waals surface area contributed by atoms with Gasteiger partial charge in [-0.15, -0.1) is 0 Å². The Balaban J connectivity index is 1.29. The maximum Gasteiger partial charge on any atom is 0.224 e. The Morgan fingerprint density at radius 2 is 2.10 bits per heavy atom.